The monoisotopic (exact) mass is 549 g/mol. The molecule has 0 aromatic heterocycles. The van der Waals surface area contributed by atoms with E-state index in [-0.39, 0.29) is 25.0 Å². The van der Waals surface area contributed by atoms with Crippen LogP contribution in [0.2, 0.25) is 0 Å². The fourth-order valence-electron chi connectivity index (χ4n) is 5.08. The van der Waals surface area contributed by atoms with E-state index in [1.165, 1.54) is 43.9 Å². The number of benzene rings is 2. The molecule has 1 aliphatic rings. The van der Waals surface area contributed by atoms with E-state index in [0.717, 1.165) is 40.3 Å². The molecule has 1 aliphatic carbocycles. The molecule has 0 bridgehead atoms. The van der Waals surface area contributed by atoms with Gasteiger partial charge < -0.3 is 20.0 Å². The standard InChI is InChI=1S/C30H41NO4S2.Li/c1-21-9-7-8-12-25(21)27-18-23(19-35-24(20-37-3)17-22-10-5-4-6-11-22)13-14-26(27)29(32)31-28(30(33)34)15-16-36-2;/h7-9,12-14,18,22,24,28H,4-6,10-11,15-17,19-20H2,1-3H3,(H,31,32)(H,33,34);/q;+1/p-1/t24-,28-;/m0./s1. The van der Waals surface area contributed by atoms with Crippen LogP contribution in [0.1, 0.15) is 66.4 Å². The van der Waals surface area contributed by atoms with Crippen molar-refractivity contribution in [1.29, 1.82) is 0 Å². The summed E-state index contributed by atoms with van der Waals surface area (Å²) in [5.74, 6) is 0.684. The molecule has 1 N–H and O–H groups in total. The van der Waals surface area contributed by atoms with Gasteiger partial charge in [0.1, 0.15) is 0 Å². The Morgan fingerprint density at radius 2 is 1.79 bits per heavy atom. The number of carbonyl (C=O) groups excluding carboxylic acids is 2. The van der Waals surface area contributed by atoms with Crippen LogP contribution in [0, 0.1) is 12.8 Å². The predicted molar refractivity (Wildman–Crippen MR) is 154 cm³/mol. The molecule has 8 heteroatoms. The second-order valence-corrected chi connectivity index (χ2v) is 11.8. The molecule has 0 radical (unpaired) electrons. The van der Waals surface area contributed by atoms with E-state index in [4.69, 9.17) is 4.74 Å². The van der Waals surface area contributed by atoms with Gasteiger partial charge in [0.15, 0.2) is 0 Å². The number of hydrogen-bond acceptors (Lipinski definition) is 6. The number of thioether (sulfide) groups is 2. The van der Waals surface area contributed by atoms with Crippen LogP contribution in [-0.2, 0) is 16.1 Å². The van der Waals surface area contributed by atoms with Crippen molar-refractivity contribution in [2.45, 2.75) is 70.6 Å². The first-order valence-corrected chi connectivity index (χ1v) is 16.0. The molecule has 1 amide bonds. The molecule has 5 nitrogen and oxygen atoms in total. The Kier molecular flexibility index (Phi) is 15.0. The molecule has 3 rings (SSSR count). The number of carboxylic acids is 1. The van der Waals surface area contributed by atoms with Crippen LogP contribution in [0.3, 0.4) is 0 Å². The smallest absolute Gasteiger partial charge is 0.548 e. The number of amides is 1. The van der Waals surface area contributed by atoms with Crippen molar-refractivity contribution < 1.29 is 38.3 Å². The quantitative estimate of drug-likeness (QED) is 0.365. The number of rotatable bonds is 14. The van der Waals surface area contributed by atoms with Gasteiger partial charge in [-0.25, -0.2) is 0 Å². The zero-order chi connectivity index (χ0) is 26.6. The number of carboxylic acid groups (broad SMARTS) is 1. The molecule has 0 saturated heterocycles. The normalized spacial score (nSPS) is 15.3. The second-order valence-electron chi connectivity index (χ2n) is 9.95. The van der Waals surface area contributed by atoms with Crippen LogP contribution < -0.4 is 29.3 Å². The summed E-state index contributed by atoms with van der Waals surface area (Å²) in [6.45, 7) is 2.50. The fraction of sp³-hybridized carbons (Fsp3) is 0.533. The van der Waals surface area contributed by atoms with Gasteiger partial charge in [0.05, 0.1) is 24.7 Å². The molecule has 2 aromatic rings. The summed E-state index contributed by atoms with van der Waals surface area (Å²) in [5, 5.41) is 14.3. The van der Waals surface area contributed by atoms with Crippen LogP contribution >= 0.6 is 23.5 Å². The summed E-state index contributed by atoms with van der Waals surface area (Å²) in [5.41, 5.74) is 4.24. The minimum absolute atomic E-state index is 0. The van der Waals surface area contributed by atoms with E-state index < -0.39 is 17.9 Å². The third-order valence-corrected chi connectivity index (χ3v) is 8.47. The molecule has 0 aliphatic heterocycles. The molecular formula is C30H40LiNO4S2. The molecule has 2 atom stereocenters. The fourth-order valence-corrected chi connectivity index (χ4v) is 6.15. The Morgan fingerprint density at radius 1 is 1.05 bits per heavy atom. The van der Waals surface area contributed by atoms with Crippen molar-refractivity contribution in [2.75, 3.05) is 24.0 Å². The molecule has 0 spiro atoms. The van der Waals surface area contributed by atoms with Crippen LogP contribution in [-0.4, -0.2) is 48.0 Å². The van der Waals surface area contributed by atoms with Crippen molar-refractivity contribution in [3.8, 4) is 11.1 Å². The Hall–Kier alpha value is -1.36. The Labute approximate surface area is 248 Å². The van der Waals surface area contributed by atoms with E-state index >= 15 is 0 Å². The summed E-state index contributed by atoms with van der Waals surface area (Å²) >= 11 is 3.36. The van der Waals surface area contributed by atoms with Gasteiger partial charge in [-0.2, -0.15) is 23.5 Å². The van der Waals surface area contributed by atoms with Gasteiger partial charge >= 0.3 is 18.9 Å². The molecule has 38 heavy (non-hydrogen) atoms. The zero-order valence-electron chi connectivity index (χ0n) is 23.3. The average Bonchev–Trinajstić information content (AvgIpc) is 2.90. The van der Waals surface area contributed by atoms with Crippen molar-refractivity contribution in [3.63, 3.8) is 0 Å². The minimum atomic E-state index is -1.26. The number of aryl methyl sites for hydroxylation is 1. The molecule has 2 aromatic carbocycles. The topological polar surface area (TPSA) is 78.5 Å². The van der Waals surface area contributed by atoms with Crippen LogP contribution in [0.5, 0.6) is 0 Å². The SMILES string of the molecule is CSCC[C@H](NC(=O)c1ccc(CO[C@H](CSC)CC2CCCCC2)cc1-c1ccccc1C)C(=O)[O-].[Li+]. The van der Waals surface area contributed by atoms with Crippen LogP contribution in [0.15, 0.2) is 42.5 Å². The Bertz CT molecular complexity index is 1030. The third kappa shape index (κ3) is 9.99. The maximum absolute atomic E-state index is 13.3. The van der Waals surface area contributed by atoms with Crippen molar-refractivity contribution in [1.82, 2.24) is 5.32 Å². The van der Waals surface area contributed by atoms with Gasteiger partial charge in [0, 0.05) is 11.3 Å². The van der Waals surface area contributed by atoms with E-state index in [9.17, 15) is 14.7 Å². The van der Waals surface area contributed by atoms with Crippen molar-refractivity contribution in [2.24, 2.45) is 5.92 Å². The summed E-state index contributed by atoms with van der Waals surface area (Å²) in [6.07, 6.45) is 12.3. The number of aliphatic carboxylic acids is 1. The summed E-state index contributed by atoms with van der Waals surface area (Å²) in [7, 11) is 0. The van der Waals surface area contributed by atoms with Gasteiger partial charge in [0.2, 0.25) is 0 Å². The second kappa shape index (κ2) is 17.4. The van der Waals surface area contributed by atoms with Gasteiger partial charge in [-0.05, 0) is 78.3 Å². The number of ether oxygens (including phenoxy) is 1. The Balaban J connectivity index is 0.00000507. The first-order valence-electron chi connectivity index (χ1n) is 13.2. The van der Waals surface area contributed by atoms with Crippen molar-refractivity contribution >= 4 is 35.4 Å². The van der Waals surface area contributed by atoms with Gasteiger partial charge in [-0.1, -0.05) is 62.4 Å². The van der Waals surface area contributed by atoms with Gasteiger partial charge in [0.25, 0.3) is 5.91 Å². The molecule has 1 fully saturated rings. The minimum Gasteiger partial charge on any atom is -0.548 e. The van der Waals surface area contributed by atoms with Gasteiger partial charge in [-0.15, -0.1) is 0 Å². The zero-order valence-corrected chi connectivity index (χ0v) is 24.9. The predicted octanol–water partition coefficient (Wildman–Crippen LogP) is 2.49. The van der Waals surface area contributed by atoms with Crippen LogP contribution in [0.25, 0.3) is 11.1 Å². The maximum Gasteiger partial charge on any atom is 1.00 e. The molecular weight excluding hydrogens is 509 g/mol. The maximum atomic E-state index is 13.3. The Morgan fingerprint density at radius 3 is 2.45 bits per heavy atom. The number of hydrogen-bond donors (Lipinski definition) is 1. The average molecular weight is 550 g/mol. The largest absolute Gasteiger partial charge is 1.00 e. The van der Waals surface area contributed by atoms with E-state index in [0.29, 0.717) is 24.3 Å². The van der Waals surface area contributed by atoms with Gasteiger partial charge in [-0.3, -0.25) is 4.79 Å². The molecule has 0 heterocycles. The molecule has 0 unspecified atom stereocenters. The molecule has 202 valence electrons. The van der Waals surface area contributed by atoms with E-state index in [1.807, 2.05) is 61.3 Å². The van der Waals surface area contributed by atoms with Crippen LogP contribution in [0.4, 0.5) is 0 Å². The first-order chi connectivity index (χ1) is 17.9. The van der Waals surface area contributed by atoms with E-state index in [1.54, 1.807) is 6.07 Å². The number of carbonyl (C=O) groups is 2. The summed E-state index contributed by atoms with van der Waals surface area (Å²) in [4.78, 5) is 24.9. The summed E-state index contributed by atoms with van der Waals surface area (Å²) < 4.78 is 6.42. The third-order valence-electron chi connectivity index (χ3n) is 7.12. The number of nitrogens with one attached hydrogen (secondary N) is 1. The van der Waals surface area contributed by atoms with Crippen molar-refractivity contribution in [3.05, 3.63) is 59.2 Å². The van der Waals surface area contributed by atoms with E-state index in [2.05, 4.69) is 11.6 Å². The summed E-state index contributed by atoms with van der Waals surface area (Å²) in [6, 6.07) is 12.6. The molecule has 1 saturated carbocycles. The first kappa shape index (κ1) is 32.8.